The Morgan fingerprint density at radius 1 is 1.06 bits per heavy atom. The summed E-state index contributed by atoms with van der Waals surface area (Å²) in [5, 5.41) is 10.7. The molecule has 0 amide bonds. The molecule has 1 aromatic carbocycles. The van der Waals surface area contributed by atoms with Crippen LogP contribution < -0.4 is 0 Å². The first-order valence-electron chi connectivity index (χ1n) is 5.58. The monoisotopic (exact) mass is 247 g/mol. The molecule has 1 heterocycles. The van der Waals surface area contributed by atoms with Crippen molar-refractivity contribution >= 4 is 11.6 Å². The maximum atomic E-state index is 10.0. The molecule has 0 bridgehead atoms. The highest BCUT2D eigenvalue weighted by molar-refractivity contribution is 6.30. The fraction of sp³-hybridized carbons (Fsp3) is 0.214. The third-order valence-electron chi connectivity index (χ3n) is 2.71. The summed E-state index contributed by atoms with van der Waals surface area (Å²) in [5.41, 5.74) is 2.09. The van der Waals surface area contributed by atoms with Crippen molar-refractivity contribution in [1.29, 1.82) is 0 Å². The van der Waals surface area contributed by atoms with Gasteiger partial charge in [0.25, 0.3) is 0 Å². The minimum Gasteiger partial charge on any atom is -0.388 e. The molecule has 2 aromatic rings. The number of halogens is 1. The van der Waals surface area contributed by atoms with Gasteiger partial charge in [-0.2, -0.15) is 0 Å². The second-order valence-electron chi connectivity index (χ2n) is 3.96. The van der Waals surface area contributed by atoms with E-state index in [0.717, 1.165) is 12.0 Å². The molecule has 0 saturated heterocycles. The number of pyridine rings is 1. The van der Waals surface area contributed by atoms with E-state index in [0.29, 0.717) is 11.4 Å². The van der Waals surface area contributed by atoms with E-state index >= 15 is 0 Å². The van der Waals surface area contributed by atoms with Crippen LogP contribution in [0.4, 0.5) is 0 Å². The third-order valence-corrected chi connectivity index (χ3v) is 2.96. The van der Waals surface area contributed by atoms with Crippen molar-refractivity contribution in [3.8, 4) is 0 Å². The number of aromatic nitrogens is 1. The predicted molar refractivity (Wildman–Crippen MR) is 69.0 cm³/mol. The van der Waals surface area contributed by atoms with Gasteiger partial charge in [0.15, 0.2) is 0 Å². The molecule has 2 nitrogen and oxygen atoms in total. The van der Waals surface area contributed by atoms with Crippen molar-refractivity contribution in [2.75, 3.05) is 0 Å². The zero-order valence-electron chi connectivity index (χ0n) is 9.38. The molecule has 2 rings (SSSR count). The number of hydrogen-bond acceptors (Lipinski definition) is 2. The van der Waals surface area contributed by atoms with E-state index in [2.05, 4.69) is 4.98 Å². The molecule has 3 heteroatoms. The van der Waals surface area contributed by atoms with Crippen LogP contribution in [0.15, 0.2) is 48.8 Å². The van der Waals surface area contributed by atoms with Crippen LogP contribution in [-0.4, -0.2) is 10.1 Å². The normalized spacial score (nSPS) is 12.4. The van der Waals surface area contributed by atoms with E-state index in [1.54, 1.807) is 24.5 Å². The van der Waals surface area contributed by atoms with E-state index in [-0.39, 0.29) is 0 Å². The van der Waals surface area contributed by atoms with Gasteiger partial charge in [0, 0.05) is 17.4 Å². The smallest absolute Gasteiger partial charge is 0.0793 e. The van der Waals surface area contributed by atoms with Gasteiger partial charge in [-0.1, -0.05) is 23.7 Å². The van der Waals surface area contributed by atoms with Crippen molar-refractivity contribution in [2.45, 2.75) is 18.9 Å². The van der Waals surface area contributed by atoms with Crippen LogP contribution in [0.3, 0.4) is 0 Å². The van der Waals surface area contributed by atoms with Gasteiger partial charge in [-0.25, -0.2) is 0 Å². The minimum atomic E-state index is -0.444. The molecule has 1 atom stereocenters. The van der Waals surface area contributed by atoms with Gasteiger partial charge in [0.2, 0.25) is 0 Å². The summed E-state index contributed by atoms with van der Waals surface area (Å²) in [6, 6.07) is 11.3. The number of aliphatic hydroxyl groups excluding tert-OH is 1. The third kappa shape index (κ3) is 3.55. The highest BCUT2D eigenvalue weighted by Gasteiger charge is 2.07. The Morgan fingerprint density at radius 2 is 1.71 bits per heavy atom. The lowest BCUT2D eigenvalue weighted by Gasteiger charge is -2.10. The first-order chi connectivity index (χ1) is 8.25. The Bertz CT molecular complexity index is 455. The number of rotatable bonds is 4. The Kier molecular flexibility index (Phi) is 4.13. The molecular formula is C14H14ClNO. The molecular weight excluding hydrogens is 234 g/mol. The molecule has 88 valence electrons. The Hall–Kier alpha value is -1.38. The molecule has 1 N–H and O–H groups in total. The van der Waals surface area contributed by atoms with Gasteiger partial charge < -0.3 is 5.11 Å². The van der Waals surface area contributed by atoms with E-state index in [1.165, 1.54) is 5.56 Å². The van der Waals surface area contributed by atoms with Gasteiger partial charge in [0.1, 0.15) is 0 Å². The number of aliphatic hydroxyl groups is 1. The summed E-state index contributed by atoms with van der Waals surface area (Å²) in [5.74, 6) is 0. The maximum Gasteiger partial charge on any atom is 0.0793 e. The summed E-state index contributed by atoms with van der Waals surface area (Å²) in [6.45, 7) is 0. The predicted octanol–water partition coefficient (Wildman–Crippen LogP) is 3.40. The van der Waals surface area contributed by atoms with Crippen molar-refractivity contribution < 1.29 is 5.11 Å². The van der Waals surface area contributed by atoms with E-state index < -0.39 is 6.10 Å². The number of nitrogens with zero attached hydrogens (tertiary/aromatic N) is 1. The van der Waals surface area contributed by atoms with Gasteiger partial charge in [-0.3, -0.25) is 4.98 Å². The Labute approximate surface area is 106 Å². The van der Waals surface area contributed by atoms with Crippen LogP contribution in [-0.2, 0) is 6.42 Å². The van der Waals surface area contributed by atoms with Gasteiger partial charge in [0.05, 0.1) is 6.10 Å². The summed E-state index contributed by atoms with van der Waals surface area (Å²) < 4.78 is 0. The van der Waals surface area contributed by atoms with Crippen molar-refractivity contribution in [3.05, 3.63) is 64.9 Å². The molecule has 0 aliphatic heterocycles. The highest BCUT2D eigenvalue weighted by atomic mass is 35.5. The highest BCUT2D eigenvalue weighted by Crippen LogP contribution is 2.20. The fourth-order valence-electron chi connectivity index (χ4n) is 1.70. The first-order valence-corrected chi connectivity index (χ1v) is 5.96. The number of hydrogen-bond donors (Lipinski definition) is 1. The zero-order valence-corrected chi connectivity index (χ0v) is 10.1. The van der Waals surface area contributed by atoms with E-state index in [9.17, 15) is 5.11 Å². The van der Waals surface area contributed by atoms with Crippen LogP contribution in [0.25, 0.3) is 0 Å². The lowest BCUT2D eigenvalue weighted by Crippen LogP contribution is -1.99. The topological polar surface area (TPSA) is 33.1 Å². The van der Waals surface area contributed by atoms with Crippen molar-refractivity contribution in [2.24, 2.45) is 0 Å². The zero-order chi connectivity index (χ0) is 12.1. The fourth-order valence-corrected chi connectivity index (χ4v) is 1.83. The lowest BCUT2D eigenvalue weighted by molar-refractivity contribution is 0.168. The second-order valence-corrected chi connectivity index (χ2v) is 4.40. The Balaban J connectivity index is 1.93. The van der Waals surface area contributed by atoms with Crippen LogP contribution in [0.1, 0.15) is 23.7 Å². The van der Waals surface area contributed by atoms with Crippen LogP contribution in [0.2, 0.25) is 5.02 Å². The van der Waals surface area contributed by atoms with Crippen molar-refractivity contribution in [3.63, 3.8) is 0 Å². The maximum absolute atomic E-state index is 10.0. The van der Waals surface area contributed by atoms with Gasteiger partial charge >= 0.3 is 0 Å². The lowest BCUT2D eigenvalue weighted by atomic mass is 10.0. The van der Waals surface area contributed by atoms with Crippen molar-refractivity contribution in [1.82, 2.24) is 4.98 Å². The molecule has 0 spiro atoms. The Morgan fingerprint density at radius 3 is 2.35 bits per heavy atom. The molecule has 0 radical (unpaired) electrons. The quantitative estimate of drug-likeness (QED) is 0.898. The van der Waals surface area contributed by atoms with Gasteiger partial charge in [-0.15, -0.1) is 0 Å². The minimum absolute atomic E-state index is 0.444. The SMILES string of the molecule is OC(CCc1ccncc1)c1ccc(Cl)cc1. The molecule has 1 aromatic heterocycles. The molecule has 0 saturated carbocycles. The van der Waals surface area contributed by atoms with Crippen LogP contribution in [0, 0.1) is 0 Å². The summed E-state index contributed by atoms with van der Waals surface area (Å²) >= 11 is 5.80. The summed E-state index contributed by atoms with van der Waals surface area (Å²) in [6.07, 6.45) is 4.63. The molecule has 17 heavy (non-hydrogen) atoms. The standard InChI is InChI=1S/C14H14ClNO/c15-13-4-2-12(3-5-13)14(17)6-1-11-7-9-16-10-8-11/h2-5,7-10,14,17H,1,6H2. The average molecular weight is 248 g/mol. The number of aryl methyl sites for hydroxylation is 1. The second kappa shape index (κ2) is 5.80. The summed E-state index contributed by atoms with van der Waals surface area (Å²) in [7, 11) is 0. The molecule has 1 unspecified atom stereocenters. The molecule has 0 aliphatic rings. The average Bonchev–Trinajstić information content (AvgIpc) is 2.38. The largest absolute Gasteiger partial charge is 0.388 e. The van der Waals surface area contributed by atoms with Gasteiger partial charge in [-0.05, 0) is 48.2 Å². The van der Waals surface area contributed by atoms with Crippen LogP contribution in [0.5, 0.6) is 0 Å². The number of benzene rings is 1. The van der Waals surface area contributed by atoms with E-state index in [4.69, 9.17) is 11.6 Å². The summed E-state index contributed by atoms with van der Waals surface area (Å²) in [4.78, 5) is 3.96. The van der Waals surface area contributed by atoms with Crippen LogP contribution >= 0.6 is 11.6 Å². The van der Waals surface area contributed by atoms with E-state index in [1.807, 2.05) is 24.3 Å². The molecule has 0 aliphatic carbocycles. The molecule has 0 fully saturated rings. The first kappa shape index (κ1) is 12.1.